The number of carbonyl (C=O) groups is 1. The van der Waals surface area contributed by atoms with Crippen LogP contribution < -0.4 is 10.6 Å². The molecule has 1 aromatic carbocycles. The van der Waals surface area contributed by atoms with Gasteiger partial charge in [-0.1, -0.05) is 6.07 Å². The fraction of sp³-hybridized carbons (Fsp3) is 0.462. The Labute approximate surface area is 102 Å². The Morgan fingerprint density at radius 2 is 2.00 bits per heavy atom. The first-order valence-corrected chi connectivity index (χ1v) is 6.03. The third-order valence-electron chi connectivity index (χ3n) is 3.21. The summed E-state index contributed by atoms with van der Waals surface area (Å²) >= 11 is 0. The van der Waals surface area contributed by atoms with Gasteiger partial charge in [0.15, 0.2) is 5.75 Å². The van der Waals surface area contributed by atoms with Crippen LogP contribution in [0.4, 0.5) is 0 Å². The molecule has 0 atom stereocenters. The number of carbonyl (C=O) groups excluding carboxylic acids is 1. The summed E-state index contributed by atoms with van der Waals surface area (Å²) in [5.74, 6) is 0.294. The highest BCUT2D eigenvalue weighted by molar-refractivity contribution is 5.93. The minimum atomic E-state index is -0.420. The largest absolute Gasteiger partial charge is 0.366 e. The van der Waals surface area contributed by atoms with E-state index in [0.29, 0.717) is 16.0 Å². The average molecular weight is 235 g/mol. The lowest BCUT2D eigenvalue weighted by Crippen LogP contribution is -2.50. The van der Waals surface area contributed by atoms with Gasteiger partial charge in [-0.05, 0) is 24.6 Å². The molecule has 0 radical (unpaired) electrons. The summed E-state index contributed by atoms with van der Waals surface area (Å²) in [6, 6.07) is 7.07. The SMILES string of the molecule is C[N+]1(Oc2cccc(C(N)=O)c2)CCCCC1. The van der Waals surface area contributed by atoms with Gasteiger partial charge >= 0.3 is 0 Å². The summed E-state index contributed by atoms with van der Waals surface area (Å²) in [7, 11) is 2.08. The lowest BCUT2D eigenvalue weighted by atomic mass is 10.1. The van der Waals surface area contributed by atoms with Gasteiger partial charge in [0.25, 0.3) is 0 Å². The molecule has 1 saturated heterocycles. The number of amides is 1. The minimum Gasteiger partial charge on any atom is -0.366 e. The molecule has 1 heterocycles. The van der Waals surface area contributed by atoms with Gasteiger partial charge in [0.1, 0.15) is 20.1 Å². The third-order valence-corrected chi connectivity index (χ3v) is 3.21. The molecule has 0 unspecified atom stereocenters. The number of nitrogens with zero attached hydrogens (tertiary/aromatic N) is 1. The third kappa shape index (κ3) is 2.97. The normalized spacial score (nSPS) is 18.6. The first kappa shape index (κ1) is 11.9. The molecule has 4 nitrogen and oxygen atoms in total. The van der Waals surface area contributed by atoms with E-state index < -0.39 is 5.91 Å². The maximum absolute atomic E-state index is 11.1. The lowest BCUT2D eigenvalue weighted by molar-refractivity contribution is -1.07. The molecule has 1 aliphatic heterocycles. The number of hydrogen-bond donors (Lipinski definition) is 1. The van der Waals surface area contributed by atoms with Crippen LogP contribution in [-0.4, -0.2) is 30.7 Å². The van der Waals surface area contributed by atoms with E-state index in [9.17, 15) is 4.79 Å². The summed E-state index contributed by atoms with van der Waals surface area (Å²) in [5.41, 5.74) is 5.74. The van der Waals surface area contributed by atoms with Gasteiger partial charge in [-0.25, -0.2) is 0 Å². The molecule has 0 saturated carbocycles. The maximum atomic E-state index is 11.1. The van der Waals surface area contributed by atoms with Crippen LogP contribution in [-0.2, 0) is 0 Å². The van der Waals surface area contributed by atoms with Crippen molar-refractivity contribution in [1.29, 1.82) is 0 Å². The molecule has 0 aromatic heterocycles. The number of hydroxylamine groups is 3. The highest BCUT2D eigenvalue weighted by Crippen LogP contribution is 2.22. The van der Waals surface area contributed by atoms with E-state index in [-0.39, 0.29) is 0 Å². The Hall–Kier alpha value is -1.55. The van der Waals surface area contributed by atoms with Crippen LogP contribution >= 0.6 is 0 Å². The second-order valence-corrected chi connectivity index (χ2v) is 4.79. The standard InChI is InChI=1S/C13H18N2O2/c1-15(8-3-2-4-9-15)17-12-7-5-6-11(10-12)13(14)16/h5-7,10H,2-4,8-9H2,1H3,(H-,14,16)/p+1. The Balaban J connectivity index is 2.12. The molecule has 1 aromatic rings. The van der Waals surface area contributed by atoms with Gasteiger partial charge in [-0.3, -0.25) is 4.79 Å². The van der Waals surface area contributed by atoms with Crippen molar-refractivity contribution in [2.45, 2.75) is 19.3 Å². The van der Waals surface area contributed by atoms with Crippen LogP contribution in [0, 0.1) is 0 Å². The van der Waals surface area contributed by atoms with E-state index in [1.165, 1.54) is 19.3 Å². The van der Waals surface area contributed by atoms with Crippen molar-refractivity contribution >= 4 is 5.91 Å². The van der Waals surface area contributed by atoms with E-state index >= 15 is 0 Å². The summed E-state index contributed by atoms with van der Waals surface area (Å²) in [6.07, 6.45) is 3.65. The molecule has 1 aliphatic rings. The van der Waals surface area contributed by atoms with Crippen molar-refractivity contribution in [3.8, 4) is 5.75 Å². The van der Waals surface area contributed by atoms with Gasteiger partial charge in [0, 0.05) is 18.4 Å². The number of primary amides is 1. The number of benzene rings is 1. The zero-order valence-corrected chi connectivity index (χ0v) is 10.2. The van der Waals surface area contributed by atoms with Crippen molar-refractivity contribution in [1.82, 2.24) is 0 Å². The van der Waals surface area contributed by atoms with Crippen molar-refractivity contribution in [3.63, 3.8) is 0 Å². The smallest absolute Gasteiger partial charge is 0.248 e. The maximum Gasteiger partial charge on any atom is 0.248 e. The average Bonchev–Trinajstić information content (AvgIpc) is 2.29. The molecule has 0 aliphatic carbocycles. The second-order valence-electron chi connectivity index (χ2n) is 4.79. The molecule has 1 amide bonds. The predicted molar refractivity (Wildman–Crippen MR) is 65.4 cm³/mol. The lowest BCUT2D eigenvalue weighted by Gasteiger charge is -2.34. The first-order chi connectivity index (χ1) is 8.09. The highest BCUT2D eigenvalue weighted by atomic mass is 16.7. The zero-order valence-electron chi connectivity index (χ0n) is 10.2. The number of likely N-dealkylation sites (tertiary alicyclic amines) is 1. The number of hydrogen-bond acceptors (Lipinski definition) is 2. The molecule has 2 rings (SSSR count). The monoisotopic (exact) mass is 235 g/mol. The fourth-order valence-corrected chi connectivity index (χ4v) is 2.23. The molecule has 17 heavy (non-hydrogen) atoms. The van der Waals surface area contributed by atoms with E-state index in [1.54, 1.807) is 18.2 Å². The molecule has 92 valence electrons. The fourth-order valence-electron chi connectivity index (χ4n) is 2.23. The van der Waals surface area contributed by atoms with Crippen molar-refractivity contribution in [2.24, 2.45) is 5.73 Å². The summed E-state index contributed by atoms with van der Waals surface area (Å²) in [6.45, 7) is 2.03. The van der Waals surface area contributed by atoms with Crippen LogP contribution in [0.5, 0.6) is 5.75 Å². The van der Waals surface area contributed by atoms with E-state index in [0.717, 1.165) is 13.1 Å². The minimum absolute atomic E-state index is 0.420. The molecule has 1 fully saturated rings. The Morgan fingerprint density at radius 1 is 1.29 bits per heavy atom. The van der Waals surface area contributed by atoms with Crippen molar-refractivity contribution in [3.05, 3.63) is 29.8 Å². The van der Waals surface area contributed by atoms with E-state index in [2.05, 4.69) is 7.05 Å². The Kier molecular flexibility index (Phi) is 3.33. The van der Waals surface area contributed by atoms with Gasteiger partial charge in [-0.2, -0.15) is 0 Å². The number of quaternary nitrogens is 1. The molecule has 2 N–H and O–H groups in total. The summed E-state index contributed by atoms with van der Waals surface area (Å²) in [5, 5.41) is 0. The van der Waals surface area contributed by atoms with Gasteiger partial charge < -0.3 is 10.6 Å². The quantitative estimate of drug-likeness (QED) is 0.811. The number of piperidine rings is 1. The number of nitrogens with two attached hydrogens (primary N) is 1. The predicted octanol–water partition coefficient (Wildman–Crippen LogP) is 1.71. The molecule has 0 spiro atoms. The summed E-state index contributed by atoms with van der Waals surface area (Å²) < 4.78 is 0.586. The van der Waals surface area contributed by atoms with Crippen LogP contribution in [0.3, 0.4) is 0 Å². The Bertz CT molecular complexity index is 412. The van der Waals surface area contributed by atoms with Crippen LogP contribution in [0.15, 0.2) is 24.3 Å². The topological polar surface area (TPSA) is 52.3 Å². The van der Waals surface area contributed by atoms with Gasteiger partial charge in [0.2, 0.25) is 5.91 Å². The van der Waals surface area contributed by atoms with Gasteiger partial charge in [0.05, 0.1) is 0 Å². The summed E-state index contributed by atoms with van der Waals surface area (Å²) in [4.78, 5) is 17.1. The van der Waals surface area contributed by atoms with Gasteiger partial charge in [-0.15, -0.1) is 4.65 Å². The van der Waals surface area contributed by atoms with E-state index in [4.69, 9.17) is 10.6 Å². The first-order valence-electron chi connectivity index (χ1n) is 6.03. The van der Waals surface area contributed by atoms with Crippen molar-refractivity contribution < 1.29 is 14.3 Å². The molecule has 0 bridgehead atoms. The Morgan fingerprint density at radius 3 is 2.65 bits per heavy atom. The van der Waals surface area contributed by atoms with E-state index in [1.807, 2.05) is 6.07 Å². The van der Waals surface area contributed by atoms with Crippen LogP contribution in [0.1, 0.15) is 29.6 Å². The molecular formula is C13H19N2O2+. The highest BCUT2D eigenvalue weighted by Gasteiger charge is 2.27. The second kappa shape index (κ2) is 4.75. The molecular weight excluding hydrogens is 216 g/mol. The zero-order chi connectivity index (χ0) is 12.3. The molecule has 4 heteroatoms. The number of rotatable bonds is 3. The van der Waals surface area contributed by atoms with Crippen LogP contribution in [0.2, 0.25) is 0 Å². The van der Waals surface area contributed by atoms with Crippen LogP contribution in [0.25, 0.3) is 0 Å². The van der Waals surface area contributed by atoms with Crippen molar-refractivity contribution in [2.75, 3.05) is 20.1 Å².